The number of hydrogen-bond donors (Lipinski definition) is 5. The number of nitrogens with zero attached hydrogens (tertiary/aromatic N) is 1. The van der Waals surface area contributed by atoms with Crippen molar-refractivity contribution < 1.29 is 38.7 Å². The van der Waals surface area contributed by atoms with E-state index in [1.54, 1.807) is 45.2 Å². The van der Waals surface area contributed by atoms with Crippen LogP contribution in [0.2, 0.25) is 0 Å². The predicted molar refractivity (Wildman–Crippen MR) is 142 cm³/mol. The number of amides is 4. The summed E-state index contributed by atoms with van der Waals surface area (Å²) >= 11 is 3.01. The molecule has 38 heavy (non-hydrogen) atoms. The highest BCUT2D eigenvalue weighted by Gasteiger charge is 2.23. The lowest BCUT2D eigenvalue weighted by Gasteiger charge is -2.28. The van der Waals surface area contributed by atoms with Crippen molar-refractivity contribution in [2.24, 2.45) is 0 Å². The smallest absolute Gasteiger partial charge is 0.450 e. The van der Waals surface area contributed by atoms with Gasteiger partial charge in [0.15, 0.2) is 0 Å². The van der Waals surface area contributed by atoms with Crippen LogP contribution in [0.5, 0.6) is 0 Å². The zero-order valence-corrected chi connectivity index (χ0v) is 23.3. The third-order valence-electron chi connectivity index (χ3n) is 4.80. The second kappa shape index (κ2) is 15.7. The molecule has 0 aliphatic heterocycles. The molecule has 1 aromatic carbocycles. The minimum Gasteiger partial charge on any atom is -0.450 e. The normalized spacial score (nSPS) is 11.7. The number of hydroxylamine groups is 2. The summed E-state index contributed by atoms with van der Waals surface area (Å²) in [4.78, 5) is 64.2. The van der Waals surface area contributed by atoms with Crippen LogP contribution in [-0.4, -0.2) is 78.3 Å². The van der Waals surface area contributed by atoms with Crippen molar-refractivity contribution in [3.05, 3.63) is 40.9 Å². The number of benzene rings is 1. The summed E-state index contributed by atoms with van der Waals surface area (Å²) in [6, 6.07) is 5.47. The molecule has 1 aromatic rings. The number of carbonyl (C=O) groups excluding carboxylic acids is 4. The molecular weight excluding hydrogens is 566 g/mol. The van der Waals surface area contributed by atoms with Gasteiger partial charge in [-0.05, 0) is 54.4 Å². The zero-order valence-electron chi connectivity index (χ0n) is 21.8. The maximum absolute atomic E-state index is 12.3. The average molecular weight is 600 g/mol. The van der Waals surface area contributed by atoms with Crippen LogP contribution in [0.15, 0.2) is 35.3 Å². The number of carboxylic acid groups (broad SMARTS) is 1. The van der Waals surface area contributed by atoms with E-state index in [2.05, 4.69) is 48.5 Å². The molecule has 0 heterocycles. The third kappa shape index (κ3) is 13.7. The molecule has 14 heteroatoms. The first kappa shape index (κ1) is 32.5. The van der Waals surface area contributed by atoms with E-state index < -0.39 is 29.6 Å². The van der Waals surface area contributed by atoms with Gasteiger partial charge in [0.1, 0.15) is 12.6 Å². The van der Waals surface area contributed by atoms with Crippen LogP contribution in [0.25, 0.3) is 0 Å². The largest absolute Gasteiger partial charge is 0.506 e. The molecule has 0 aliphatic rings. The van der Waals surface area contributed by atoms with Crippen LogP contribution >= 0.6 is 15.9 Å². The van der Waals surface area contributed by atoms with Crippen molar-refractivity contribution in [2.75, 3.05) is 32.1 Å². The zero-order chi connectivity index (χ0) is 28.9. The van der Waals surface area contributed by atoms with Crippen molar-refractivity contribution in [1.82, 2.24) is 21.0 Å². The number of halogens is 1. The van der Waals surface area contributed by atoms with Gasteiger partial charge in [-0.3, -0.25) is 24.0 Å². The summed E-state index contributed by atoms with van der Waals surface area (Å²) in [5.41, 5.74) is 0.384. The highest BCUT2D eigenvalue weighted by Crippen LogP contribution is 2.11. The van der Waals surface area contributed by atoms with Gasteiger partial charge in [-0.2, -0.15) is 5.06 Å². The Morgan fingerprint density at radius 3 is 2.34 bits per heavy atom. The van der Waals surface area contributed by atoms with Crippen molar-refractivity contribution in [1.29, 1.82) is 0 Å². The molecule has 0 saturated carbocycles. The number of ether oxygens (including phenoxy) is 1. The molecule has 0 bridgehead atoms. The molecule has 4 amide bonds. The van der Waals surface area contributed by atoms with Gasteiger partial charge in [0.2, 0.25) is 17.7 Å². The van der Waals surface area contributed by atoms with E-state index in [0.717, 1.165) is 0 Å². The Morgan fingerprint density at radius 1 is 1.13 bits per heavy atom. The molecule has 0 aromatic heterocycles. The monoisotopic (exact) mass is 599 g/mol. The first-order valence-corrected chi connectivity index (χ1v) is 12.3. The van der Waals surface area contributed by atoms with Gasteiger partial charge < -0.3 is 31.1 Å². The summed E-state index contributed by atoms with van der Waals surface area (Å²) < 4.78 is 4.67. The highest BCUT2D eigenvalue weighted by atomic mass is 79.9. The number of nitrogens with one attached hydrogen (secondary N) is 4. The summed E-state index contributed by atoms with van der Waals surface area (Å²) in [6.07, 6.45) is -1.33. The first-order valence-electron chi connectivity index (χ1n) is 11.5. The fourth-order valence-electron chi connectivity index (χ4n) is 2.71. The fraction of sp³-hybridized carbons (Fsp3) is 0.458. The minimum atomic E-state index is -1.38. The number of rotatable bonds is 15. The van der Waals surface area contributed by atoms with Crippen LogP contribution < -0.4 is 21.3 Å². The quantitative estimate of drug-likeness (QED) is 0.114. The van der Waals surface area contributed by atoms with Crippen molar-refractivity contribution in [3.8, 4) is 0 Å². The Kier molecular flexibility index (Phi) is 13.4. The maximum atomic E-state index is 12.3. The van der Waals surface area contributed by atoms with Crippen molar-refractivity contribution in [2.45, 2.75) is 45.4 Å². The van der Waals surface area contributed by atoms with Crippen LogP contribution in [-0.2, 0) is 35.4 Å². The van der Waals surface area contributed by atoms with Crippen molar-refractivity contribution in [3.63, 3.8) is 0 Å². The molecule has 0 saturated heterocycles. The van der Waals surface area contributed by atoms with E-state index in [1.807, 2.05) is 0 Å². The molecular formula is C24H34BrN5O8. The van der Waals surface area contributed by atoms with Gasteiger partial charge >= 0.3 is 6.16 Å². The molecule has 13 nitrogen and oxygen atoms in total. The third-order valence-corrected chi connectivity index (χ3v) is 5.16. The minimum absolute atomic E-state index is 0.0539. The van der Waals surface area contributed by atoms with Crippen molar-refractivity contribution >= 4 is 51.4 Å². The first-order chi connectivity index (χ1) is 17.7. The van der Waals surface area contributed by atoms with Gasteiger partial charge in [0.05, 0.1) is 23.2 Å². The Balaban J connectivity index is 2.32. The Bertz CT molecular complexity index is 1020. The van der Waals surface area contributed by atoms with E-state index in [0.29, 0.717) is 11.3 Å². The topological polar surface area (TPSA) is 175 Å². The lowest BCUT2D eigenvalue weighted by Crippen LogP contribution is -2.48. The van der Waals surface area contributed by atoms with Gasteiger partial charge in [0.25, 0.3) is 5.91 Å². The second-order valence-corrected chi connectivity index (χ2v) is 9.88. The Morgan fingerprint density at radius 2 is 1.76 bits per heavy atom. The van der Waals surface area contributed by atoms with E-state index in [9.17, 15) is 24.0 Å². The maximum Gasteiger partial charge on any atom is 0.506 e. The summed E-state index contributed by atoms with van der Waals surface area (Å²) in [5, 5.41) is 20.3. The van der Waals surface area contributed by atoms with Crippen LogP contribution in [0.3, 0.4) is 0 Å². The average Bonchev–Trinajstić information content (AvgIpc) is 2.84. The number of anilines is 1. The lowest BCUT2D eigenvalue weighted by molar-refractivity contribution is -0.159. The van der Waals surface area contributed by atoms with Crippen LogP contribution in [0.1, 0.15) is 32.8 Å². The Hall–Kier alpha value is -3.49. The molecule has 0 aliphatic carbocycles. The second-order valence-electron chi connectivity index (χ2n) is 8.92. The molecule has 1 atom stereocenters. The lowest BCUT2D eigenvalue weighted by atomic mass is 10.1. The number of hydrogen-bond acceptors (Lipinski definition) is 8. The molecule has 5 N–H and O–H groups in total. The number of carbonyl (C=O) groups is 5. The van der Waals surface area contributed by atoms with Gasteiger partial charge in [-0.1, -0.05) is 18.7 Å². The Labute approximate surface area is 229 Å². The molecule has 0 unspecified atom stereocenters. The van der Waals surface area contributed by atoms with E-state index >= 15 is 0 Å². The molecule has 0 spiro atoms. The summed E-state index contributed by atoms with van der Waals surface area (Å²) in [6.45, 7) is 8.52. The fourth-order valence-corrected chi connectivity index (χ4v) is 2.81. The standard InChI is InChI=1S/C24H34BrN5O8/c1-15(25)21(33)29-24(3,4)14-38-30(5)11-10-19(31)26-12-20(32)27-16(2)22(34)28-18-8-6-17(7-9-18)13-37-23(35)36/h6-9,16H,1,10-14H2,2-5H3,(H,26,31)(H,27,32)(H,28,34)(H,29,33)(H,35,36)/t16-/m0/s1. The van der Waals surface area contributed by atoms with Gasteiger partial charge in [0, 0.05) is 25.7 Å². The molecule has 0 radical (unpaired) electrons. The van der Waals surface area contributed by atoms with Crippen LogP contribution in [0.4, 0.5) is 10.5 Å². The molecule has 210 valence electrons. The molecule has 1 rings (SSSR count). The van der Waals surface area contributed by atoms with Gasteiger partial charge in [-0.25, -0.2) is 4.79 Å². The SMILES string of the molecule is C=C(Br)C(=O)NC(C)(C)CON(C)CCC(=O)NCC(=O)N[C@@H](C)C(=O)Nc1ccc(COC(=O)O)cc1. The predicted octanol–water partition coefficient (Wildman–Crippen LogP) is 1.50. The highest BCUT2D eigenvalue weighted by molar-refractivity contribution is 9.12. The summed E-state index contributed by atoms with van der Waals surface area (Å²) in [5.74, 6) is -1.76. The van der Waals surface area contributed by atoms with Crippen LogP contribution in [0, 0.1) is 0 Å². The summed E-state index contributed by atoms with van der Waals surface area (Å²) in [7, 11) is 1.64. The van der Waals surface area contributed by atoms with Gasteiger partial charge in [-0.15, -0.1) is 0 Å². The van der Waals surface area contributed by atoms with E-state index in [1.165, 1.54) is 12.0 Å². The van der Waals surface area contributed by atoms with E-state index in [-0.39, 0.29) is 49.0 Å². The molecule has 0 fully saturated rings. The van der Waals surface area contributed by atoms with E-state index in [4.69, 9.17) is 9.94 Å².